The molecule has 0 radical (unpaired) electrons. The fourth-order valence-electron chi connectivity index (χ4n) is 2.63. The molecular weight excluding hydrogens is 252 g/mol. The molecule has 1 aromatic rings. The van der Waals surface area contributed by atoms with Crippen LogP contribution in [0.1, 0.15) is 32.3 Å². The number of carbonyl (C=O) groups is 1. The lowest BCUT2D eigenvalue weighted by Crippen LogP contribution is -2.52. The summed E-state index contributed by atoms with van der Waals surface area (Å²) in [5.74, 6) is -0.0401. The second-order valence-corrected chi connectivity index (χ2v) is 5.55. The van der Waals surface area contributed by atoms with Crippen molar-refractivity contribution in [3.05, 3.63) is 35.9 Å². The van der Waals surface area contributed by atoms with E-state index >= 15 is 0 Å². The summed E-state index contributed by atoms with van der Waals surface area (Å²) in [6.45, 7) is 5.85. The Hall–Kier alpha value is -1.39. The first-order chi connectivity index (χ1) is 9.55. The first-order valence-corrected chi connectivity index (χ1v) is 7.31. The normalized spacial score (nSPS) is 21.4. The highest BCUT2D eigenvalue weighted by molar-refractivity contribution is 5.87. The highest BCUT2D eigenvalue weighted by Crippen LogP contribution is 2.22. The average Bonchev–Trinajstić information content (AvgIpc) is 2.98. The van der Waals surface area contributed by atoms with E-state index in [1.807, 2.05) is 42.2 Å². The lowest BCUT2D eigenvalue weighted by Gasteiger charge is -2.32. The molecule has 110 valence electrons. The molecule has 2 atom stereocenters. The Kier molecular flexibility index (Phi) is 4.78. The van der Waals surface area contributed by atoms with Crippen LogP contribution in [0.25, 0.3) is 0 Å². The van der Waals surface area contributed by atoms with E-state index in [1.165, 1.54) is 0 Å². The van der Waals surface area contributed by atoms with Crippen LogP contribution in [0, 0.1) is 0 Å². The van der Waals surface area contributed by atoms with Gasteiger partial charge in [0.2, 0.25) is 5.91 Å². The number of benzene rings is 1. The lowest BCUT2D eigenvalue weighted by atomic mass is 9.91. The van der Waals surface area contributed by atoms with E-state index in [0.29, 0.717) is 13.1 Å². The molecule has 0 saturated carbocycles. The van der Waals surface area contributed by atoms with Crippen molar-refractivity contribution in [3.8, 4) is 0 Å². The molecule has 2 N–H and O–H groups in total. The van der Waals surface area contributed by atoms with Crippen molar-refractivity contribution >= 4 is 5.91 Å². The number of likely N-dealkylation sites (N-methyl/N-ethyl adjacent to an activating group) is 1. The molecule has 1 heterocycles. The van der Waals surface area contributed by atoms with Crippen molar-refractivity contribution in [1.82, 2.24) is 4.90 Å². The second-order valence-electron chi connectivity index (χ2n) is 5.55. The number of hydrogen-bond acceptors (Lipinski definition) is 3. The van der Waals surface area contributed by atoms with Crippen LogP contribution in [-0.2, 0) is 15.1 Å². The van der Waals surface area contributed by atoms with E-state index in [0.717, 1.165) is 25.0 Å². The van der Waals surface area contributed by atoms with Crippen molar-refractivity contribution in [2.45, 2.75) is 38.3 Å². The zero-order valence-corrected chi connectivity index (χ0v) is 12.3. The number of carbonyl (C=O) groups excluding carboxylic acids is 1. The van der Waals surface area contributed by atoms with Crippen LogP contribution in [0.2, 0.25) is 0 Å². The van der Waals surface area contributed by atoms with Gasteiger partial charge in [-0.2, -0.15) is 0 Å². The molecule has 2 rings (SSSR count). The van der Waals surface area contributed by atoms with E-state index < -0.39 is 5.54 Å². The monoisotopic (exact) mass is 276 g/mol. The highest BCUT2D eigenvalue weighted by Gasteiger charge is 2.35. The molecule has 1 aliphatic rings. The Labute approximate surface area is 120 Å². The van der Waals surface area contributed by atoms with Crippen molar-refractivity contribution < 1.29 is 9.53 Å². The molecule has 0 bridgehead atoms. The molecule has 1 fully saturated rings. The van der Waals surface area contributed by atoms with Crippen LogP contribution in [-0.4, -0.2) is 36.6 Å². The third kappa shape index (κ3) is 3.19. The molecule has 1 aliphatic heterocycles. The fraction of sp³-hybridized carbons (Fsp3) is 0.562. The van der Waals surface area contributed by atoms with Gasteiger partial charge in [-0.05, 0) is 32.3 Å². The summed E-state index contributed by atoms with van der Waals surface area (Å²) in [4.78, 5) is 14.5. The summed E-state index contributed by atoms with van der Waals surface area (Å²) >= 11 is 0. The summed E-state index contributed by atoms with van der Waals surface area (Å²) in [6, 6.07) is 9.54. The maximum Gasteiger partial charge on any atom is 0.247 e. The van der Waals surface area contributed by atoms with Crippen LogP contribution in [0.3, 0.4) is 0 Å². The number of ether oxygens (including phenoxy) is 1. The first kappa shape index (κ1) is 15.0. The van der Waals surface area contributed by atoms with Crippen LogP contribution >= 0.6 is 0 Å². The van der Waals surface area contributed by atoms with E-state index in [4.69, 9.17) is 10.5 Å². The number of hydrogen-bond donors (Lipinski definition) is 1. The van der Waals surface area contributed by atoms with E-state index in [1.54, 1.807) is 6.92 Å². The molecule has 1 aromatic carbocycles. The largest absolute Gasteiger partial charge is 0.376 e. The lowest BCUT2D eigenvalue weighted by molar-refractivity contribution is -0.138. The predicted octanol–water partition coefficient (Wildman–Crippen LogP) is 1.89. The Morgan fingerprint density at radius 2 is 2.15 bits per heavy atom. The molecule has 1 amide bonds. The standard InChI is InChI=1S/C16H24N2O2/c1-3-18(12-14-10-7-11-20-14)15(19)16(2,17)13-8-5-4-6-9-13/h4-6,8-9,14H,3,7,10-12,17H2,1-2H3. The molecule has 4 nitrogen and oxygen atoms in total. The minimum absolute atomic E-state index is 0.0401. The smallest absolute Gasteiger partial charge is 0.247 e. The topological polar surface area (TPSA) is 55.6 Å². The van der Waals surface area contributed by atoms with E-state index in [9.17, 15) is 4.79 Å². The molecule has 1 saturated heterocycles. The van der Waals surface area contributed by atoms with Crippen LogP contribution in [0.5, 0.6) is 0 Å². The number of rotatable bonds is 5. The number of amides is 1. The summed E-state index contributed by atoms with van der Waals surface area (Å²) in [6.07, 6.45) is 2.26. The fourth-order valence-corrected chi connectivity index (χ4v) is 2.63. The average molecular weight is 276 g/mol. The maximum atomic E-state index is 12.7. The van der Waals surface area contributed by atoms with Gasteiger partial charge in [0, 0.05) is 19.7 Å². The van der Waals surface area contributed by atoms with Crippen molar-refractivity contribution in [3.63, 3.8) is 0 Å². The predicted molar refractivity (Wildman–Crippen MR) is 79.2 cm³/mol. The minimum atomic E-state index is -0.990. The Balaban J connectivity index is 2.10. The van der Waals surface area contributed by atoms with Gasteiger partial charge in [-0.25, -0.2) is 0 Å². The quantitative estimate of drug-likeness (QED) is 0.893. The molecule has 0 aliphatic carbocycles. The van der Waals surface area contributed by atoms with Crippen molar-refractivity contribution in [2.24, 2.45) is 5.73 Å². The maximum absolute atomic E-state index is 12.7. The molecule has 0 spiro atoms. The van der Waals surface area contributed by atoms with E-state index in [-0.39, 0.29) is 12.0 Å². The Morgan fingerprint density at radius 3 is 2.70 bits per heavy atom. The molecule has 0 aromatic heterocycles. The first-order valence-electron chi connectivity index (χ1n) is 7.31. The summed E-state index contributed by atoms with van der Waals surface area (Å²) in [5, 5.41) is 0. The van der Waals surface area contributed by atoms with Gasteiger partial charge in [0.15, 0.2) is 0 Å². The molecule has 2 unspecified atom stereocenters. The zero-order chi connectivity index (χ0) is 14.6. The van der Waals surface area contributed by atoms with Crippen molar-refractivity contribution in [1.29, 1.82) is 0 Å². The van der Waals surface area contributed by atoms with Gasteiger partial charge in [0.25, 0.3) is 0 Å². The highest BCUT2D eigenvalue weighted by atomic mass is 16.5. The second kappa shape index (κ2) is 6.37. The van der Waals surface area contributed by atoms with E-state index in [2.05, 4.69) is 0 Å². The third-order valence-corrected chi connectivity index (χ3v) is 3.93. The van der Waals surface area contributed by atoms with Crippen LogP contribution < -0.4 is 5.73 Å². The summed E-state index contributed by atoms with van der Waals surface area (Å²) in [7, 11) is 0. The van der Waals surface area contributed by atoms with Gasteiger partial charge in [0.1, 0.15) is 5.54 Å². The molecule has 4 heteroatoms. The summed E-state index contributed by atoms with van der Waals surface area (Å²) in [5.41, 5.74) is 6.15. The van der Waals surface area contributed by atoms with Crippen molar-refractivity contribution in [2.75, 3.05) is 19.7 Å². The van der Waals surface area contributed by atoms with Gasteiger partial charge in [-0.1, -0.05) is 30.3 Å². The number of nitrogens with two attached hydrogens (primary N) is 1. The Morgan fingerprint density at radius 1 is 1.45 bits per heavy atom. The SMILES string of the molecule is CCN(CC1CCCO1)C(=O)C(C)(N)c1ccccc1. The summed E-state index contributed by atoms with van der Waals surface area (Å²) < 4.78 is 5.62. The molecule has 20 heavy (non-hydrogen) atoms. The van der Waals surface area contributed by atoms with Gasteiger partial charge in [-0.3, -0.25) is 4.79 Å². The third-order valence-electron chi connectivity index (χ3n) is 3.93. The minimum Gasteiger partial charge on any atom is -0.376 e. The zero-order valence-electron chi connectivity index (χ0n) is 12.3. The van der Waals surface area contributed by atoms with Gasteiger partial charge < -0.3 is 15.4 Å². The van der Waals surface area contributed by atoms with Gasteiger partial charge in [-0.15, -0.1) is 0 Å². The number of nitrogens with zero attached hydrogens (tertiary/aromatic N) is 1. The Bertz CT molecular complexity index is 439. The van der Waals surface area contributed by atoms with Crippen LogP contribution in [0.15, 0.2) is 30.3 Å². The van der Waals surface area contributed by atoms with Gasteiger partial charge in [0.05, 0.1) is 6.10 Å². The molecular formula is C16H24N2O2. The van der Waals surface area contributed by atoms with Gasteiger partial charge >= 0.3 is 0 Å². The van der Waals surface area contributed by atoms with Crippen LogP contribution in [0.4, 0.5) is 0 Å².